The molecule has 0 saturated heterocycles. The zero-order valence-electron chi connectivity index (χ0n) is 16.5. The van der Waals surface area contributed by atoms with Crippen molar-refractivity contribution in [3.8, 4) is 17.2 Å². The number of aliphatic carboxylic acids is 1. The summed E-state index contributed by atoms with van der Waals surface area (Å²) in [6.07, 6.45) is 4.98. The summed E-state index contributed by atoms with van der Waals surface area (Å²) in [6, 6.07) is 13.3. The first-order valence-corrected chi connectivity index (χ1v) is 10.7. The van der Waals surface area contributed by atoms with Gasteiger partial charge in [0.1, 0.15) is 23.9 Å². The standard InChI is InChI=1S/C21H24O7S/c1-4-21(2,20(22)23)27-18-13-11-17(12-14-18)26-15-5-6-16-7-9-19(10-8-16)28-29(3,24)25/h5-14H,4,15H2,1-3H3,(H,22,23)/b6-5-. The molecule has 29 heavy (non-hydrogen) atoms. The van der Waals surface area contributed by atoms with E-state index in [4.69, 9.17) is 13.7 Å². The van der Waals surface area contributed by atoms with Gasteiger partial charge in [-0.05, 0) is 61.4 Å². The number of hydrogen-bond acceptors (Lipinski definition) is 6. The third kappa shape index (κ3) is 7.15. The lowest BCUT2D eigenvalue weighted by Crippen LogP contribution is -2.40. The Morgan fingerprint density at radius 2 is 1.59 bits per heavy atom. The number of hydrogen-bond donors (Lipinski definition) is 1. The zero-order chi connectivity index (χ0) is 21.5. The number of carbonyl (C=O) groups is 1. The lowest BCUT2D eigenvalue weighted by molar-refractivity contribution is -0.154. The van der Waals surface area contributed by atoms with Gasteiger partial charge in [-0.15, -0.1) is 0 Å². The fraction of sp³-hybridized carbons (Fsp3) is 0.286. The molecular weight excluding hydrogens is 396 g/mol. The van der Waals surface area contributed by atoms with Crippen molar-refractivity contribution >= 4 is 22.2 Å². The normalized spacial score (nSPS) is 13.6. The monoisotopic (exact) mass is 420 g/mol. The Morgan fingerprint density at radius 3 is 2.10 bits per heavy atom. The largest absolute Gasteiger partial charge is 0.490 e. The molecular formula is C21H24O7S. The Balaban J connectivity index is 1.86. The Hall–Kier alpha value is -3.00. The third-order valence-corrected chi connectivity index (χ3v) is 4.57. The number of rotatable bonds is 10. The SMILES string of the molecule is CCC(C)(Oc1ccc(OC/C=C\c2ccc(OS(C)(=O)=O)cc2)cc1)C(=O)O. The molecule has 0 bridgehead atoms. The van der Waals surface area contributed by atoms with Crippen LogP contribution in [-0.2, 0) is 14.9 Å². The molecule has 2 rings (SSSR count). The molecule has 0 amide bonds. The Kier molecular flexibility index (Phi) is 7.28. The van der Waals surface area contributed by atoms with Crippen molar-refractivity contribution < 1.29 is 32.0 Å². The predicted molar refractivity (Wildman–Crippen MR) is 110 cm³/mol. The molecule has 0 aliphatic heterocycles. The summed E-state index contributed by atoms with van der Waals surface area (Å²) in [5.41, 5.74) is -0.404. The third-order valence-electron chi connectivity index (χ3n) is 4.08. The van der Waals surface area contributed by atoms with Gasteiger partial charge in [0.15, 0.2) is 0 Å². The fourth-order valence-corrected chi connectivity index (χ4v) is 2.73. The van der Waals surface area contributed by atoms with Gasteiger partial charge < -0.3 is 18.8 Å². The van der Waals surface area contributed by atoms with Crippen LogP contribution in [0.2, 0.25) is 0 Å². The molecule has 0 aliphatic carbocycles. The molecule has 1 atom stereocenters. The van der Waals surface area contributed by atoms with Gasteiger partial charge >= 0.3 is 16.1 Å². The maximum atomic E-state index is 11.3. The molecule has 7 nitrogen and oxygen atoms in total. The van der Waals surface area contributed by atoms with Crippen molar-refractivity contribution in [1.29, 1.82) is 0 Å². The molecule has 0 heterocycles. The molecule has 1 N–H and O–H groups in total. The summed E-state index contributed by atoms with van der Waals surface area (Å²) in [4.78, 5) is 11.3. The zero-order valence-corrected chi connectivity index (χ0v) is 17.3. The molecule has 8 heteroatoms. The van der Waals surface area contributed by atoms with E-state index in [1.807, 2.05) is 12.2 Å². The second-order valence-electron chi connectivity index (χ2n) is 6.53. The Morgan fingerprint density at radius 1 is 1.03 bits per heavy atom. The minimum Gasteiger partial charge on any atom is -0.490 e. The second kappa shape index (κ2) is 9.47. The van der Waals surface area contributed by atoms with Gasteiger partial charge in [-0.2, -0.15) is 8.42 Å². The minimum absolute atomic E-state index is 0.255. The molecule has 0 saturated carbocycles. The van der Waals surface area contributed by atoms with Crippen molar-refractivity contribution in [1.82, 2.24) is 0 Å². The smallest absolute Gasteiger partial charge is 0.347 e. The minimum atomic E-state index is -3.54. The van der Waals surface area contributed by atoms with Crippen LogP contribution in [0.25, 0.3) is 6.08 Å². The first kappa shape index (κ1) is 22.3. The molecule has 0 aromatic heterocycles. The highest BCUT2D eigenvalue weighted by Crippen LogP contribution is 2.24. The average molecular weight is 420 g/mol. The lowest BCUT2D eigenvalue weighted by Gasteiger charge is -2.24. The van der Waals surface area contributed by atoms with Crippen LogP contribution in [0, 0.1) is 0 Å². The first-order valence-electron chi connectivity index (χ1n) is 8.92. The summed E-state index contributed by atoms with van der Waals surface area (Å²) in [6.45, 7) is 3.61. The van der Waals surface area contributed by atoms with Crippen molar-refractivity contribution in [3.05, 3.63) is 60.2 Å². The van der Waals surface area contributed by atoms with Gasteiger partial charge in [-0.25, -0.2) is 4.79 Å². The van der Waals surface area contributed by atoms with E-state index in [1.54, 1.807) is 55.5 Å². The van der Waals surface area contributed by atoms with E-state index in [0.29, 0.717) is 24.5 Å². The Bertz CT molecular complexity index is 948. The molecule has 156 valence electrons. The molecule has 0 aliphatic rings. The molecule has 0 fully saturated rings. The van der Waals surface area contributed by atoms with Crippen LogP contribution in [0.5, 0.6) is 17.2 Å². The van der Waals surface area contributed by atoms with Crippen LogP contribution in [-0.4, -0.2) is 38.0 Å². The first-order chi connectivity index (χ1) is 13.6. The van der Waals surface area contributed by atoms with Crippen LogP contribution < -0.4 is 13.7 Å². The highest BCUT2D eigenvalue weighted by atomic mass is 32.2. The van der Waals surface area contributed by atoms with Crippen LogP contribution in [0.4, 0.5) is 0 Å². The molecule has 2 aromatic carbocycles. The van der Waals surface area contributed by atoms with Gasteiger partial charge in [0.2, 0.25) is 5.60 Å². The second-order valence-corrected chi connectivity index (χ2v) is 8.11. The lowest BCUT2D eigenvalue weighted by atomic mass is 10.0. The van der Waals surface area contributed by atoms with Gasteiger partial charge in [-0.3, -0.25) is 0 Å². The number of benzene rings is 2. The van der Waals surface area contributed by atoms with E-state index in [2.05, 4.69) is 0 Å². The number of ether oxygens (including phenoxy) is 2. The summed E-state index contributed by atoms with van der Waals surface area (Å²) in [7, 11) is -3.54. The van der Waals surface area contributed by atoms with E-state index >= 15 is 0 Å². The highest BCUT2D eigenvalue weighted by Gasteiger charge is 2.33. The van der Waals surface area contributed by atoms with Crippen molar-refractivity contribution in [2.24, 2.45) is 0 Å². The van der Waals surface area contributed by atoms with Crippen molar-refractivity contribution in [2.45, 2.75) is 25.9 Å². The molecule has 0 radical (unpaired) electrons. The maximum absolute atomic E-state index is 11.3. The van der Waals surface area contributed by atoms with Crippen LogP contribution >= 0.6 is 0 Å². The topological polar surface area (TPSA) is 99.1 Å². The summed E-state index contributed by atoms with van der Waals surface area (Å²) in [5, 5.41) is 9.26. The quantitative estimate of drug-likeness (QED) is 0.584. The van der Waals surface area contributed by atoms with Crippen LogP contribution in [0.3, 0.4) is 0 Å². The summed E-state index contributed by atoms with van der Waals surface area (Å²) < 4.78 is 38.1. The van der Waals surface area contributed by atoms with Crippen LogP contribution in [0.15, 0.2) is 54.6 Å². The van der Waals surface area contributed by atoms with E-state index in [9.17, 15) is 18.3 Å². The van der Waals surface area contributed by atoms with E-state index in [1.165, 1.54) is 6.92 Å². The van der Waals surface area contributed by atoms with Gasteiger partial charge in [0.25, 0.3) is 0 Å². The van der Waals surface area contributed by atoms with Gasteiger partial charge in [0, 0.05) is 0 Å². The summed E-state index contributed by atoms with van der Waals surface area (Å²) in [5.74, 6) is 0.315. The Labute approximate surface area is 170 Å². The van der Waals surface area contributed by atoms with Crippen molar-refractivity contribution in [3.63, 3.8) is 0 Å². The van der Waals surface area contributed by atoms with E-state index in [-0.39, 0.29) is 5.75 Å². The van der Waals surface area contributed by atoms with Crippen LogP contribution in [0.1, 0.15) is 25.8 Å². The maximum Gasteiger partial charge on any atom is 0.347 e. The van der Waals surface area contributed by atoms with E-state index < -0.39 is 21.7 Å². The number of carboxylic acids is 1. The highest BCUT2D eigenvalue weighted by molar-refractivity contribution is 7.86. The van der Waals surface area contributed by atoms with Gasteiger partial charge in [0.05, 0.1) is 6.26 Å². The average Bonchev–Trinajstić information content (AvgIpc) is 2.66. The molecule has 2 aromatic rings. The van der Waals surface area contributed by atoms with Gasteiger partial charge in [-0.1, -0.05) is 25.1 Å². The predicted octanol–water partition coefficient (Wildman–Crippen LogP) is 3.75. The summed E-state index contributed by atoms with van der Waals surface area (Å²) >= 11 is 0. The number of carboxylic acid groups (broad SMARTS) is 1. The fourth-order valence-electron chi connectivity index (χ4n) is 2.27. The van der Waals surface area contributed by atoms with Crippen molar-refractivity contribution in [2.75, 3.05) is 12.9 Å². The molecule has 1 unspecified atom stereocenters. The molecule has 0 spiro atoms. The van der Waals surface area contributed by atoms with E-state index in [0.717, 1.165) is 11.8 Å².